The number of rotatable bonds is 2. The van der Waals surface area contributed by atoms with Gasteiger partial charge in [0.1, 0.15) is 5.82 Å². The molecule has 2 rings (SSSR count). The van der Waals surface area contributed by atoms with Crippen molar-refractivity contribution in [3.8, 4) is 0 Å². The molecule has 0 heterocycles. The maximum absolute atomic E-state index is 13.3. The van der Waals surface area contributed by atoms with E-state index in [0.29, 0.717) is 10.4 Å². The van der Waals surface area contributed by atoms with Gasteiger partial charge in [-0.05, 0) is 43.5 Å². The average molecular weight is 328 g/mol. The van der Waals surface area contributed by atoms with Crippen molar-refractivity contribution in [1.29, 1.82) is 0 Å². The molecule has 0 aromatic heterocycles. The second kappa shape index (κ2) is 6.51. The third-order valence-corrected chi connectivity index (χ3v) is 4.65. The first-order chi connectivity index (χ1) is 9.06. The van der Waals surface area contributed by atoms with E-state index in [4.69, 9.17) is 0 Å². The van der Waals surface area contributed by atoms with Gasteiger partial charge in [0.05, 0.1) is 0 Å². The highest BCUT2D eigenvalue weighted by Crippen LogP contribution is 2.24. The SMILES string of the molecule is Cc1cc(F)cc(C(=O)NC2CCCCCC2Br)c1. The Morgan fingerprint density at radius 1 is 1.26 bits per heavy atom. The molecular weight excluding hydrogens is 309 g/mol. The zero-order chi connectivity index (χ0) is 13.8. The minimum Gasteiger partial charge on any atom is -0.348 e. The molecular formula is C15H19BrFNO. The Morgan fingerprint density at radius 2 is 2.00 bits per heavy atom. The monoisotopic (exact) mass is 327 g/mol. The van der Waals surface area contributed by atoms with Crippen molar-refractivity contribution in [2.45, 2.75) is 49.9 Å². The smallest absolute Gasteiger partial charge is 0.251 e. The van der Waals surface area contributed by atoms with Gasteiger partial charge in [-0.15, -0.1) is 0 Å². The summed E-state index contributed by atoms with van der Waals surface area (Å²) in [5.74, 6) is -0.541. The summed E-state index contributed by atoms with van der Waals surface area (Å²) in [5.41, 5.74) is 1.17. The highest BCUT2D eigenvalue weighted by molar-refractivity contribution is 9.09. The number of alkyl halides is 1. The second-order valence-electron chi connectivity index (χ2n) is 5.25. The summed E-state index contributed by atoms with van der Waals surface area (Å²) in [6.45, 7) is 1.79. The maximum atomic E-state index is 13.3. The summed E-state index contributed by atoms with van der Waals surface area (Å²) in [4.78, 5) is 12.5. The highest BCUT2D eigenvalue weighted by Gasteiger charge is 2.23. The van der Waals surface area contributed by atoms with Gasteiger partial charge >= 0.3 is 0 Å². The fraction of sp³-hybridized carbons (Fsp3) is 0.533. The van der Waals surface area contributed by atoms with Crippen molar-refractivity contribution in [3.63, 3.8) is 0 Å². The van der Waals surface area contributed by atoms with Crippen LogP contribution in [0.25, 0.3) is 0 Å². The van der Waals surface area contributed by atoms with E-state index in [0.717, 1.165) is 24.8 Å². The van der Waals surface area contributed by atoms with Crippen LogP contribution in [0.15, 0.2) is 18.2 Å². The molecule has 1 aromatic rings. The first-order valence-corrected chi connectivity index (χ1v) is 7.70. The van der Waals surface area contributed by atoms with E-state index in [-0.39, 0.29) is 17.8 Å². The Morgan fingerprint density at radius 3 is 2.74 bits per heavy atom. The van der Waals surface area contributed by atoms with Crippen molar-refractivity contribution in [1.82, 2.24) is 5.32 Å². The third-order valence-electron chi connectivity index (χ3n) is 3.55. The Labute approximate surface area is 121 Å². The number of nitrogens with one attached hydrogen (secondary N) is 1. The van der Waals surface area contributed by atoms with Crippen LogP contribution >= 0.6 is 15.9 Å². The Hall–Kier alpha value is -0.900. The molecule has 0 radical (unpaired) electrons. The lowest BCUT2D eigenvalue weighted by molar-refractivity contribution is 0.0934. The first kappa shape index (κ1) is 14.5. The zero-order valence-corrected chi connectivity index (χ0v) is 12.7. The van der Waals surface area contributed by atoms with Gasteiger partial charge in [0.2, 0.25) is 0 Å². The van der Waals surface area contributed by atoms with Gasteiger partial charge in [0.25, 0.3) is 5.91 Å². The lowest BCUT2D eigenvalue weighted by Gasteiger charge is -2.21. The number of halogens is 2. The van der Waals surface area contributed by atoms with Crippen molar-refractivity contribution in [2.24, 2.45) is 0 Å². The molecule has 1 N–H and O–H groups in total. The predicted octanol–water partition coefficient (Wildman–Crippen LogP) is 3.96. The van der Waals surface area contributed by atoms with Crippen LogP contribution in [0.3, 0.4) is 0 Å². The topological polar surface area (TPSA) is 29.1 Å². The Kier molecular flexibility index (Phi) is 4.97. The lowest BCUT2D eigenvalue weighted by Crippen LogP contribution is -2.40. The molecule has 1 saturated carbocycles. The van der Waals surface area contributed by atoms with Crippen LogP contribution in [0.4, 0.5) is 4.39 Å². The van der Waals surface area contributed by atoms with Crippen LogP contribution in [-0.2, 0) is 0 Å². The molecule has 0 spiro atoms. The molecule has 0 bridgehead atoms. The number of amides is 1. The van der Waals surface area contributed by atoms with Gasteiger partial charge in [0, 0.05) is 16.4 Å². The quantitative estimate of drug-likeness (QED) is 0.646. The molecule has 2 nitrogen and oxygen atoms in total. The normalized spacial score (nSPS) is 23.7. The number of hydrogen-bond donors (Lipinski definition) is 1. The van der Waals surface area contributed by atoms with Gasteiger partial charge in [-0.1, -0.05) is 35.2 Å². The molecule has 1 aliphatic rings. The highest BCUT2D eigenvalue weighted by atomic mass is 79.9. The number of carbonyl (C=O) groups is 1. The van der Waals surface area contributed by atoms with Gasteiger partial charge in [-0.3, -0.25) is 4.79 Å². The molecule has 2 unspecified atom stereocenters. The van der Waals surface area contributed by atoms with Crippen LogP contribution in [0.2, 0.25) is 0 Å². The molecule has 1 aliphatic carbocycles. The van der Waals surface area contributed by atoms with Crippen LogP contribution in [0, 0.1) is 12.7 Å². The predicted molar refractivity (Wildman–Crippen MR) is 78.2 cm³/mol. The summed E-state index contributed by atoms with van der Waals surface area (Å²) in [6.07, 6.45) is 5.60. The summed E-state index contributed by atoms with van der Waals surface area (Å²) < 4.78 is 13.3. The zero-order valence-electron chi connectivity index (χ0n) is 11.1. The van der Waals surface area contributed by atoms with Gasteiger partial charge in [-0.2, -0.15) is 0 Å². The van der Waals surface area contributed by atoms with Gasteiger partial charge in [-0.25, -0.2) is 4.39 Å². The molecule has 1 aromatic carbocycles. The number of aryl methyl sites for hydroxylation is 1. The van der Waals surface area contributed by atoms with Crippen molar-refractivity contribution in [3.05, 3.63) is 35.1 Å². The molecule has 4 heteroatoms. The maximum Gasteiger partial charge on any atom is 0.251 e. The fourth-order valence-electron chi connectivity index (χ4n) is 2.54. The minimum atomic E-state index is -0.360. The number of benzene rings is 1. The Bertz CT molecular complexity index is 443. The Balaban J connectivity index is 2.07. The van der Waals surface area contributed by atoms with Crippen LogP contribution in [-0.4, -0.2) is 16.8 Å². The van der Waals surface area contributed by atoms with Gasteiger partial charge in [0.15, 0.2) is 0 Å². The number of carbonyl (C=O) groups excluding carboxylic acids is 1. The van der Waals surface area contributed by atoms with Crippen molar-refractivity contribution >= 4 is 21.8 Å². The van der Waals surface area contributed by atoms with E-state index in [1.54, 1.807) is 13.0 Å². The fourth-order valence-corrected chi connectivity index (χ4v) is 3.26. The van der Waals surface area contributed by atoms with Crippen LogP contribution in [0.5, 0.6) is 0 Å². The van der Waals surface area contributed by atoms with E-state index < -0.39 is 0 Å². The molecule has 2 atom stereocenters. The number of hydrogen-bond acceptors (Lipinski definition) is 1. The van der Waals surface area contributed by atoms with E-state index >= 15 is 0 Å². The molecule has 1 fully saturated rings. The largest absolute Gasteiger partial charge is 0.348 e. The van der Waals surface area contributed by atoms with E-state index in [9.17, 15) is 9.18 Å². The van der Waals surface area contributed by atoms with Crippen LogP contribution < -0.4 is 5.32 Å². The van der Waals surface area contributed by atoms with Crippen molar-refractivity contribution in [2.75, 3.05) is 0 Å². The summed E-state index contributed by atoms with van der Waals surface area (Å²) in [7, 11) is 0. The summed E-state index contributed by atoms with van der Waals surface area (Å²) >= 11 is 3.65. The van der Waals surface area contributed by atoms with E-state index in [2.05, 4.69) is 21.2 Å². The van der Waals surface area contributed by atoms with E-state index in [1.165, 1.54) is 25.0 Å². The average Bonchev–Trinajstić information content (AvgIpc) is 2.54. The first-order valence-electron chi connectivity index (χ1n) is 6.78. The summed E-state index contributed by atoms with van der Waals surface area (Å²) in [6, 6.07) is 4.58. The minimum absolute atomic E-state index is 0.138. The summed E-state index contributed by atoms with van der Waals surface area (Å²) in [5, 5.41) is 3.03. The lowest BCUT2D eigenvalue weighted by atomic mass is 10.1. The van der Waals surface area contributed by atoms with Crippen molar-refractivity contribution < 1.29 is 9.18 Å². The molecule has 0 saturated heterocycles. The molecule has 1 amide bonds. The van der Waals surface area contributed by atoms with Gasteiger partial charge < -0.3 is 5.32 Å². The third kappa shape index (κ3) is 4.03. The molecule has 19 heavy (non-hydrogen) atoms. The second-order valence-corrected chi connectivity index (χ2v) is 6.43. The standard InChI is InChI=1S/C15H19BrFNO/c1-10-7-11(9-12(17)8-10)15(19)18-14-6-4-2-3-5-13(14)16/h7-9,13-14H,2-6H2,1H3,(H,18,19). The molecule has 0 aliphatic heterocycles. The van der Waals surface area contributed by atoms with Crippen LogP contribution in [0.1, 0.15) is 48.0 Å². The molecule has 104 valence electrons. The van der Waals surface area contributed by atoms with E-state index in [1.807, 2.05) is 0 Å².